The van der Waals surface area contributed by atoms with Crippen LogP contribution in [0.2, 0.25) is 0 Å². The standard InChI is InChI=1S/C29H43N3O6/c1-8-31(9-2)20-13-11-19(12-14-20)30-25(34)24-29-15-18(6)28(7,38-29)23(27(36)37-10-3)22(29)26(35)32(24)21(16-33)17(4)5/h11-14,17-18,21-24,33H,8-10,15-16H2,1-7H3,(H,30,34)/t18?,21-,22-,23-,24?,28+,29?/m0/s1. The fourth-order valence-electron chi connectivity index (χ4n) is 7.10. The van der Waals surface area contributed by atoms with Gasteiger partial charge in [-0.1, -0.05) is 20.8 Å². The summed E-state index contributed by atoms with van der Waals surface area (Å²) in [4.78, 5) is 45.2. The molecule has 1 aromatic carbocycles. The lowest BCUT2D eigenvalue weighted by Crippen LogP contribution is -2.57. The fraction of sp³-hybridized carbons (Fsp3) is 0.690. The van der Waals surface area contributed by atoms with Crippen molar-refractivity contribution in [3.05, 3.63) is 24.3 Å². The number of hydrogen-bond acceptors (Lipinski definition) is 7. The summed E-state index contributed by atoms with van der Waals surface area (Å²) in [5.74, 6) is -3.04. The van der Waals surface area contributed by atoms with Crippen LogP contribution in [0.25, 0.3) is 0 Å². The van der Waals surface area contributed by atoms with Gasteiger partial charge in [-0.25, -0.2) is 0 Å². The molecule has 1 spiro atoms. The summed E-state index contributed by atoms with van der Waals surface area (Å²) in [5, 5.41) is 13.3. The number of hydrogen-bond donors (Lipinski definition) is 2. The zero-order chi connectivity index (χ0) is 28.0. The van der Waals surface area contributed by atoms with E-state index in [1.54, 1.807) is 6.92 Å². The molecular weight excluding hydrogens is 486 g/mol. The van der Waals surface area contributed by atoms with Crippen molar-refractivity contribution in [3.63, 3.8) is 0 Å². The Balaban J connectivity index is 1.74. The van der Waals surface area contributed by atoms with E-state index < -0.39 is 41.1 Å². The van der Waals surface area contributed by atoms with E-state index in [4.69, 9.17) is 9.47 Å². The molecule has 0 aromatic heterocycles. The van der Waals surface area contributed by atoms with Crippen molar-refractivity contribution in [1.29, 1.82) is 0 Å². The minimum atomic E-state index is -1.18. The number of rotatable bonds is 10. The van der Waals surface area contributed by atoms with E-state index >= 15 is 0 Å². The van der Waals surface area contributed by atoms with Crippen molar-refractivity contribution >= 4 is 29.2 Å². The second kappa shape index (κ2) is 10.5. The molecule has 3 unspecified atom stereocenters. The number of esters is 1. The predicted octanol–water partition coefficient (Wildman–Crippen LogP) is 3.06. The van der Waals surface area contributed by atoms with Crippen LogP contribution in [0.3, 0.4) is 0 Å². The highest BCUT2D eigenvalue weighted by atomic mass is 16.6. The summed E-state index contributed by atoms with van der Waals surface area (Å²) in [6, 6.07) is 6.04. The minimum absolute atomic E-state index is 0.0730. The van der Waals surface area contributed by atoms with Crippen LogP contribution < -0.4 is 10.2 Å². The molecule has 3 heterocycles. The lowest BCUT2D eigenvalue weighted by Gasteiger charge is -2.38. The van der Waals surface area contributed by atoms with Crippen LogP contribution in [0.1, 0.15) is 54.9 Å². The lowest BCUT2D eigenvalue weighted by molar-refractivity contribution is -0.162. The second-order valence-corrected chi connectivity index (χ2v) is 11.4. The summed E-state index contributed by atoms with van der Waals surface area (Å²) < 4.78 is 12.1. The number of amides is 2. The number of nitrogens with zero attached hydrogens (tertiary/aromatic N) is 2. The van der Waals surface area contributed by atoms with Crippen LogP contribution in [-0.4, -0.2) is 77.4 Å². The molecule has 38 heavy (non-hydrogen) atoms. The van der Waals surface area contributed by atoms with Gasteiger partial charge in [-0.2, -0.15) is 0 Å². The quantitative estimate of drug-likeness (QED) is 0.449. The SMILES string of the molecule is CCOC(=O)[C@@H]1[C@H]2C(=O)N([C@@H](CO)C(C)C)C(C(=O)Nc3ccc(N(CC)CC)cc3)C23CC(C)[C@@]1(C)O3. The molecule has 4 rings (SSSR count). The Labute approximate surface area is 225 Å². The summed E-state index contributed by atoms with van der Waals surface area (Å²) in [6.07, 6.45) is 0.460. The molecule has 1 aromatic rings. The molecule has 0 aliphatic carbocycles. The summed E-state index contributed by atoms with van der Waals surface area (Å²) in [7, 11) is 0. The first-order chi connectivity index (χ1) is 18.0. The van der Waals surface area contributed by atoms with Crippen molar-refractivity contribution in [2.24, 2.45) is 23.7 Å². The Hall–Kier alpha value is -2.65. The number of anilines is 2. The van der Waals surface area contributed by atoms with Gasteiger partial charge in [0.1, 0.15) is 17.6 Å². The third kappa shape index (κ3) is 4.18. The fourth-order valence-corrected chi connectivity index (χ4v) is 7.10. The van der Waals surface area contributed by atoms with Crippen molar-refractivity contribution in [1.82, 2.24) is 4.90 Å². The third-order valence-electron chi connectivity index (χ3n) is 9.12. The minimum Gasteiger partial charge on any atom is -0.466 e. The number of benzene rings is 1. The highest BCUT2D eigenvalue weighted by molar-refractivity contribution is 6.03. The van der Waals surface area contributed by atoms with Crippen LogP contribution in [0, 0.1) is 23.7 Å². The molecule has 2 bridgehead atoms. The van der Waals surface area contributed by atoms with Gasteiger partial charge in [-0.3, -0.25) is 14.4 Å². The maximum atomic E-state index is 14.1. The molecule has 3 fully saturated rings. The highest BCUT2D eigenvalue weighted by Crippen LogP contribution is 2.65. The number of nitrogens with one attached hydrogen (secondary N) is 1. The van der Waals surface area contributed by atoms with E-state index in [1.807, 2.05) is 52.0 Å². The maximum Gasteiger partial charge on any atom is 0.312 e. The smallest absolute Gasteiger partial charge is 0.312 e. The Morgan fingerprint density at radius 3 is 2.37 bits per heavy atom. The molecular formula is C29H43N3O6. The van der Waals surface area contributed by atoms with E-state index in [9.17, 15) is 19.5 Å². The van der Waals surface area contributed by atoms with Gasteiger partial charge in [0, 0.05) is 24.5 Å². The lowest BCUT2D eigenvalue weighted by atomic mass is 9.62. The number of carbonyl (C=O) groups excluding carboxylic acids is 3. The van der Waals surface area contributed by atoms with E-state index in [-0.39, 0.29) is 36.9 Å². The Bertz CT molecular complexity index is 1060. The molecule has 0 saturated carbocycles. The van der Waals surface area contributed by atoms with Crippen LogP contribution in [0.4, 0.5) is 11.4 Å². The number of ether oxygens (including phenoxy) is 2. The van der Waals surface area contributed by atoms with Gasteiger partial charge in [-0.05, 0) is 70.2 Å². The summed E-state index contributed by atoms with van der Waals surface area (Å²) in [6.45, 7) is 15.2. The molecule has 9 nitrogen and oxygen atoms in total. The molecule has 2 N–H and O–H groups in total. The molecule has 0 radical (unpaired) electrons. The number of aliphatic hydroxyl groups is 1. The van der Waals surface area contributed by atoms with Crippen LogP contribution in [0.5, 0.6) is 0 Å². The van der Waals surface area contributed by atoms with Gasteiger partial charge in [-0.15, -0.1) is 0 Å². The van der Waals surface area contributed by atoms with E-state index in [0.717, 1.165) is 18.8 Å². The molecule has 7 atom stereocenters. The summed E-state index contributed by atoms with van der Waals surface area (Å²) >= 11 is 0. The number of fused-ring (bicyclic) bond motifs is 1. The molecule has 210 valence electrons. The first-order valence-corrected chi connectivity index (χ1v) is 14.0. The maximum absolute atomic E-state index is 14.1. The van der Waals surface area contributed by atoms with Gasteiger partial charge in [0.25, 0.3) is 0 Å². The zero-order valence-corrected chi connectivity index (χ0v) is 23.7. The molecule has 3 aliphatic heterocycles. The predicted molar refractivity (Wildman–Crippen MR) is 145 cm³/mol. The largest absolute Gasteiger partial charge is 0.466 e. The van der Waals surface area contributed by atoms with Gasteiger partial charge in [0.15, 0.2) is 0 Å². The topological polar surface area (TPSA) is 108 Å². The first-order valence-electron chi connectivity index (χ1n) is 14.0. The average Bonchev–Trinajstić information content (AvgIpc) is 3.38. The van der Waals surface area contributed by atoms with Crippen LogP contribution >= 0.6 is 0 Å². The number of aliphatic hydroxyl groups excluding tert-OH is 1. The van der Waals surface area contributed by atoms with Gasteiger partial charge < -0.3 is 29.7 Å². The Kier molecular flexibility index (Phi) is 7.83. The normalized spacial score (nSPS) is 32.4. The number of likely N-dealkylation sites (tertiary alicyclic amines) is 1. The third-order valence-corrected chi connectivity index (χ3v) is 9.12. The Morgan fingerprint density at radius 2 is 1.84 bits per heavy atom. The first kappa shape index (κ1) is 28.4. The average molecular weight is 530 g/mol. The Morgan fingerprint density at radius 1 is 1.21 bits per heavy atom. The van der Waals surface area contributed by atoms with E-state index in [0.29, 0.717) is 12.1 Å². The molecule has 3 aliphatic rings. The van der Waals surface area contributed by atoms with E-state index in [2.05, 4.69) is 24.1 Å². The van der Waals surface area contributed by atoms with Crippen molar-refractivity contribution in [3.8, 4) is 0 Å². The van der Waals surface area contributed by atoms with E-state index in [1.165, 1.54) is 4.90 Å². The highest BCUT2D eigenvalue weighted by Gasteiger charge is 2.80. The van der Waals surface area contributed by atoms with Crippen LogP contribution in [-0.2, 0) is 23.9 Å². The molecule has 3 saturated heterocycles. The van der Waals surface area contributed by atoms with Gasteiger partial charge >= 0.3 is 5.97 Å². The van der Waals surface area contributed by atoms with Crippen molar-refractivity contribution in [2.75, 3.05) is 36.5 Å². The van der Waals surface area contributed by atoms with Crippen molar-refractivity contribution in [2.45, 2.75) is 78.2 Å². The summed E-state index contributed by atoms with van der Waals surface area (Å²) in [5.41, 5.74) is -0.441. The molecule has 9 heteroatoms. The van der Waals surface area contributed by atoms with Gasteiger partial charge in [0.2, 0.25) is 11.8 Å². The van der Waals surface area contributed by atoms with Crippen LogP contribution in [0.15, 0.2) is 24.3 Å². The number of carbonyl (C=O) groups is 3. The van der Waals surface area contributed by atoms with Crippen molar-refractivity contribution < 1.29 is 29.0 Å². The second-order valence-electron chi connectivity index (χ2n) is 11.4. The monoisotopic (exact) mass is 529 g/mol. The zero-order valence-electron chi connectivity index (χ0n) is 23.7. The van der Waals surface area contributed by atoms with Gasteiger partial charge in [0.05, 0.1) is 30.8 Å². The molecule has 2 amide bonds.